The molecule has 0 radical (unpaired) electrons. The third-order valence-electron chi connectivity index (χ3n) is 5.77. The quantitative estimate of drug-likeness (QED) is 0.604. The number of benzene rings is 2. The van der Waals surface area contributed by atoms with Gasteiger partial charge in [-0.05, 0) is 37.2 Å². The number of rotatable bonds is 6. The predicted molar refractivity (Wildman–Crippen MR) is 122 cm³/mol. The maximum atomic E-state index is 14.4. The molecule has 3 aromatic rings. The second-order valence-electron chi connectivity index (χ2n) is 8.14. The molecule has 1 aliphatic heterocycles. The van der Waals surface area contributed by atoms with E-state index >= 15 is 0 Å². The zero-order chi connectivity index (χ0) is 22.7. The summed E-state index contributed by atoms with van der Waals surface area (Å²) in [7, 11) is 2.15. The Kier molecular flexibility index (Phi) is 6.89. The molecule has 2 heterocycles. The Balaban J connectivity index is 1.41. The van der Waals surface area contributed by atoms with Gasteiger partial charge in [0.05, 0.1) is 10.6 Å². The van der Waals surface area contributed by atoms with E-state index < -0.39 is 5.82 Å². The number of amides is 1. The number of hydrogen-bond acceptors (Lipinski definition) is 5. The molecule has 0 aliphatic carbocycles. The zero-order valence-electron chi connectivity index (χ0n) is 18.2. The van der Waals surface area contributed by atoms with Gasteiger partial charge in [-0.1, -0.05) is 47.1 Å². The third kappa shape index (κ3) is 5.01. The van der Waals surface area contributed by atoms with Crippen LogP contribution in [0.15, 0.2) is 47.0 Å². The van der Waals surface area contributed by atoms with Crippen LogP contribution in [0.5, 0.6) is 0 Å². The van der Waals surface area contributed by atoms with E-state index in [2.05, 4.69) is 39.5 Å². The van der Waals surface area contributed by atoms with E-state index in [1.807, 2.05) is 12.1 Å². The lowest BCUT2D eigenvalue weighted by atomic mass is 10.0. The number of aryl methyl sites for hydroxylation is 1. The summed E-state index contributed by atoms with van der Waals surface area (Å²) >= 11 is 6.16. The van der Waals surface area contributed by atoms with Crippen LogP contribution in [0.3, 0.4) is 0 Å². The Bertz CT molecular complexity index is 1070. The van der Waals surface area contributed by atoms with E-state index in [4.69, 9.17) is 16.1 Å². The predicted octanol–water partition coefficient (Wildman–Crippen LogP) is 4.12. The van der Waals surface area contributed by atoms with E-state index in [-0.39, 0.29) is 27.8 Å². The van der Waals surface area contributed by atoms with E-state index in [9.17, 15) is 9.18 Å². The summed E-state index contributed by atoms with van der Waals surface area (Å²) in [5.41, 5.74) is 2.56. The summed E-state index contributed by atoms with van der Waals surface area (Å²) < 4.78 is 19.5. The molecule has 32 heavy (non-hydrogen) atoms. The van der Waals surface area contributed by atoms with Crippen molar-refractivity contribution in [3.05, 3.63) is 75.8 Å². The van der Waals surface area contributed by atoms with E-state index in [0.29, 0.717) is 12.3 Å². The summed E-state index contributed by atoms with van der Waals surface area (Å²) in [5, 5.41) is 6.93. The van der Waals surface area contributed by atoms with Crippen molar-refractivity contribution in [2.75, 3.05) is 33.2 Å². The van der Waals surface area contributed by atoms with Crippen LogP contribution in [0.1, 0.15) is 27.2 Å². The molecule has 0 atom stereocenters. The number of nitrogens with one attached hydrogen (secondary N) is 1. The van der Waals surface area contributed by atoms with Crippen LogP contribution in [-0.2, 0) is 13.1 Å². The van der Waals surface area contributed by atoms with Gasteiger partial charge in [-0.3, -0.25) is 9.69 Å². The Hall–Kier alpha value is -2.74. The Morgan fingerprint density at radius 2 is 1.81 bits per heavy atom. The molecule has 8 heteroatoms. The first-order chi connectivity index (χ1) is 15.4. The molecule has 2 aromatic carbocycles. The van der Waals surface area contributed by atoms with Crippen molar-refractivity contribution in [3.63, 3.8) is 0 Å². The third-order valence-corrected chi connectivity index (χ3v) is 6.08. The number of nitrogens with zero attached hydrogens (tertiary/aromatic N) is 3. The molecule has 0 bridgehead atoms. The summed E-state index contributed by atoms with van der Waals surface area (Å²) in [6.45, 7) is 7.20. The van der Waals surface area contributed by atoms with E-state index in [1.165, 1.54) is 17.7 Å². The van der Waals surface area contributed by atoms with Crippen molar-refractivity contribution in [3.8, 4) is 11.3 Å². The van der Waals surface area contributed by atoms with Crippen molar-refractivity contribution in [2.45, 2.75) is 20.0 Å². The standard InChI is InChI=1S/C24H26ClFN4O2/c1-16-21(23(28-32-16)22-19(25)4-3-5-20(22)26)24(31)27-14-17-6-8-18(9-7-17)15-30-12-10-29(2)11-13-30/h3-9H,10-15H2,1-2H3,(H,27,31). The van der Waals surface area contributed by atoms with E-state index in [1.54, 1.807) is 13.0 Å². The highest BCUT2D eigenvalue weighted by Gasteiger charge is 2.25. The lowest BCUT2D eigenvalue weighted by Crippen LogP contribution is -2.43. The van der Waals surface area contributed by atoms with Crippen molar-refractivity contribution in [1.82, 2.24) is 20.3 Å². The molecule has 1 N–H and O–H groups in total. The maximum Gasteiger partial charge on any atom is 0.257 e. The van der Waals surface area contributed by atoms with E-state index in [0.717, 1.165) is 38.3 Å². The molecule has 0 unspecified atom stereocenters. The zero-order valence-corrected chi connectivity index (χ0v) is 19.0. The number of piperazine rings is 1. The van der Waals surface area contributed by atoms with Gasteiger partial charge in [0.1, 0.15) is 22.8 Å². The summed E-state index contributed by atoms with van der Waals surface area (Å²) in [6.07, 6.45) is 0. The monoisotopic (exact) mass is 456 g/mol. The average molecular weight is 457 g/mol. The Morgan fingerprint density at radius 1 is 1.12 bits per heavy atom. The van der Waals surface area contributed by atoms with Gasteiger partial charge in [0.2, 0.25) is 0 Å². The molecule has 1 amide bonds. The second-order valence-corrected chi connectivity index (χ2v) is 8.54. The van der Waals surface area contributed by atoms with Gasteiger partial charge < -0.3 is 14.7 Å². The first-order valence-corrected chi connectivity index (χ1v) is 11.0. The van der Waals surface area contributed by atoms with Gasteiger partial charge in [0.25, 0.3) is 5.91 Å². The van der Waals surface area contributed by atoms with Crippen LogP contribution in [0.4, 0.5) is 4.39 Å². The van der Waals surface area contributed by atoms with Crippen LogP contribution >= 0.6 is 11.6 Å². The molecule has 1 saturated heterocycles. The molecule has 1 fully saturated rings. The molecular weight excluding hydrogens is 431 g/mol. The van der Waals surface area contributed by atoms with Crippen molar-refractivity contribution < 1.29 is 13.7 Å². The first-order valence-electron chi connectivity index (χ1n) is 10.6. The molecule has 168 valence electrons. The molecule has 1 aliphatic rings. The lowest BCUT2D eigenvalue weighted by molar-refractivity contribution is 0.0950. The van der Waals surface area contributed by atoms with Crippen LogP contribution < -0.4 is 5.32 Å². The average Bonchev–Trinajstić information content (AvgIpc) is 3.15. The fourth-order valence-corrected chi connectivity index (χ4v) is 4.08. The second kappa shape index (κ2) is 9.81. The lowest BCUT2D eigenvalue weighted by Gasteiger charge is -2.32. The van der Waals surface area contributed by atoms with Gasteiger partial charge in [-0.2, -0.15) is 0 Å². The molecule has 6 nitrogen and oxygen atoms in total. The SMILES string of the molecule is Cc1onc(-c2c(F)cccc2Cl)c1C(=O)NCc1ccc(CN2CCN(C)CC2)cc1. The maximum absolute atomic E-state index is 14.4. The van der Waals surface area contributed by atoms with Crippen molar-refractivity contribution >= 4 is 17.5 Å². The highest BCUT2D eigenvalue weighted by Crippen LogP contribution is 2.33. The van der Waals surface area contributed by atoms with Gasteiger partial charge in [0, 0.05) is 39.3 Å². The fourth-order valence-electron chi connectivity index (χ4n) is 3.83. The highest BCUT2D eigenvalue weighted by atomic mass is 35.5. The topological polar surface area (TPSA) is 61.6 Å². The summed E-state index contributed by atoms with van der Waals surface area (Å²) in [4.78, 5) is 17.7. The minimum absolute atomic E-state index is 0.0597. The fraction of sp³-hybridized carbons (Fsp3) is 0.333. The number of likely N-dealkylation sites (N-methyl/N-ethyl adjacent to an activating group) is 1. The Morgan fingerprint density at radius 3 is 2.50 bits per heavy atom. The van der Waals surface area contributed by atoms with Crippen molar-refractivity contribution in [2.24, 2.45) is 0 Å². The van der Waals surface area contributed by atoms with Crippen molar-refractivity contribution in [1.29, 1.82) is 0 Å². The van der Waals surface area contributed by atoms with Gasteiger partial charge in [-0.15, -0.1) is 0 Å². The summed E-state index contributed by atoms with van der Waals surface area (Å²) in [5.74, 6) is -0.644. The van der Waals surface area contributed by atoms with Crippen LogP contribution in [-0.4, -0.2) is 54.1 Å². The number of halogens is 2. The summed E-state index contributed by atoms with van der Waals surface area (Å²) in [6, 6.07) is 12.5. The molecule has 0 spiro atoms. The molecule has 0 saturated carbocycles. The minimum Gasteiger partial charge on any atom is -0.360 e. The minimum atomic E-state index is -0.559. The normalized spacial score (nSPS) is 15.1. The molecular formula is C24H26ClFN4O2. The van der Waals surface area contributed by atoms with Crippen LogP contribution in [0, 0.1) is 12.7 Å². The van der Waals surface area contributed by atoms with Gasteiger partial charge >= 0.3 is 0 Å². The van der Waals surface area contributed by atoms with Crippen LogP contribution in [0.2, 0.25) is 5.02 Å². The molecule has 1 aromatic heterocycles. The smallest absolute Gasteiger partial charge is 0.257 e. The largest absolute Gasteiger partial charge is 0.360 e. The first kappa shape index (κ1) is 22.5. The Labute approximate surface area is 191 Å². The molecule has 4 rings (SSSR count). The van der Waals surface area contributed by atoms with Gasteiger partial charge in [0.15, 0.2) is 0 Å². The van der Waals surface area contributed by atoms with Crippen LogP contribution in [0.25, 0.3) is 11.3 Å². The number of aromatic nitrogens is 1. The number of hydrogen-bond donors (Lipinski definition) is 1. The number of carbonyl (C=O) groups excluding carboxylic acids is 1. The van der Waals surface area contributed by atoms with Gasteiger partial charge in [-0.25, -0.2) is 4.39 Å². The highest BCUT2D eigenvalue weighted by molar-refractivity contribution is 6.33. The number of carbonyl (C=O) groups is 1.